The molecule has 2 aromatic rings. The fourth-order valence-corrected chi connectivity index (χ4v) is 2.76. The van der Waals surface area contributed by atoms with E-state index in [0.717, 1.165) is 5.56 Å². The number of benzene rings is 1. The molecular weight excluding hydrogens is 336 g/mol. The number of hydrogen-bond acceptors (Lipinski definition) is 6. The zero-order valence-electron chi connectivity index (χ0n) is 14.9. The van der Waals surface area contributed by atoms with E-state index in [1.54, 1.807) is 7.05 Å². The summed E-state index contributed by atoms with van der Waals surface area (Å²) in [6, 6.07) is 7.47. The van der Waals surface area contributed by atoms with Gasteiger partial charge in [0.2, 0.25) is 0 Å². The largest absolute Gasteiger partial charge is 0.483 e. The Kier molecular flexibility index (Phi) is 5.52. The van der Waals surface area contributed by atoms with Crippen molar-refractivity contribution in [3.63, 3.8) is 0 Å². The molecule has 0 saturated carbocycles. The maximum Gasteiger partial charge on any atom is 0.292 e. The number of nitrogens with one attached hydrogen (secondary N) is 1. The highest BCUT2D eigenvalue weighted by Crippen LogP contribution is 2.21. The number of ether oxygens (including phenoxy) is 2. The summed E-state index contributed by atoms with van der Waals surface area (Å²) < 4.78 is 12.2. The summed E-state index contributed by atoms with van der Waals surface area (Å²) in [5, 5.41) is 6.75. The van der Waals surface area contributed by atoms with Crippen LogP contribution in [0.1, 0.15) is 5.56 Å². The van der Waals surface area contributed by atoms with Crippen molar-refractivity contribution >= 4 is 17.3 Å². The van der Waals surface area contributed by atoms with Crippen molar-refractivity contribution < 1.29 is 14.3 Å². The van der Waals surface area contributed by atoms with Crippen LogP contribution in [0.15, 0.2) is 35.3 Å². The van der Waals surface area contributed by atoms with Gasteiger partial charge in [0.25, 0.3) is 11.5 Å². The Hall–Kier alpha value is -2.87. The van der Waals surface area contributed by atoms with Crippen LogP contribution in [0.25, 0.3) is 0 Å². The second-order valence-corrected chi connectivity index (χ2v) is 6.04. The number of nitrogens with zero attached hydrogens (tertiary/aromatic N) is 3. The molecule has 138 valence electrons. The molecule has 8 nitrogen and oxygen atoms in total. The molecule has 1 saturated heterocycles. The fraction of sp³-hybridized carbons (Fsp3) is 0.389. The first-order valence-corrected chi connectivity index (χ1v) is 8.43. The number of amides is 1. The third-order valence-electron chi connectivity index (χ3n) is 4.17. The summed E-state index contributed by atoms with van der Waals surface area (Å²) in [5.41, 5.74) is 1.50. The SMILES string of the molecule is Cc1ccccc1OCC(=O)Nc1cnn(C)c(=O)c1N1CCOCC1. The minimum atomic E-state index is -0.349. The first-order chi connectivity index (χ1) is 12.6. The molecule has 1 amide bonds. The first-order valence-electron chi connectivity index (χ1n) is 8.43. The van der Waals surface area contributed by atoms with Crippen molar-refractivity contribution in [2.45, 2.75) is 6.92 Å². The standard InChI is InChI=1S/C18H22N4O4/c1-13-5-3-4-6-15(13)26-12-16(23)20-14-11-19-21(2)18(24)17(14)22-7-9-25-10-8-22/h3-6,11H,7-10,12H2,1-2H3,(H,20,23). The van der Waals surface area contributed by atoms with Gasteiger partial charge >= 0.3 is 0 Å². The van der Waals surface area contributed by atoms with Crippen LogP contribution in [-0.2, 0) is 16.6 Å². The molecule has 8 heteroatoms. The van der Waals surface area contributed by atoms with E-state index in [-0.39, 0.29) is 18.1 Å². The van der Waals surface area contributed by atoms with E-state index >= 15 is 0 Å². The minimum Gasteiger partial charge on any atom is -0.483 e. The molecule has 1 N–H and O–H groups in total. The van der Waals surface area contributed by atoms with E-state index in [2.05, 4.69) is 10.4 Å². The van der Waals surface area contributed by atoms with Gasteiger partial charge in [-0.2, -0.15) is 5.10 Å². The third-order valence-corrected chi connectivity index (χ3v) is 4.17. The van der Waals surface area contributed by atoms with Crippen LogP contribution >= 0.6 is 0 Å². The van der Waals surface area contributed by atoms with Gasteiger partial charge in [0.05, 0.1) is 25.1 Å². The Morgan fingerprint density at radius 2 is 2.04 bits per heavy atom. The van der Waals surface area contributed by atoms with Gasteiger partial charge in [-0.1, -0.05) is 18.2 Å². The van der Waals surface area contributed by atoms with Crippen LogP contribution in [0.5, 0.6) is 5.75 Å². The highest BCUT2D eigenvalue weighted by atomic mass is 16.5. The zero-order chi connectivity index (χ0) is 18.5. The average molecular weight is 358 g/mol. The molecule has 1 fully saturated rings. The third kappa shape index (κ3) is 4.02. The summed E-state index contributed by atoms with van der Waals surface area (Å²) in [4.78, 5) is 26.8. The Morgan fingerprint density at radius 1 is 1.31 bits per heavy atom. The highest BCUT2D eigenvalue weighted by molar-refractivity contribution is 5.95. The van der Waals surface area contributed by atoms with Crippen molar-refractivity contribution in [3.05, 3.63) is 46.4 Å². The number of anilines is 2. The van der Waals surface area contributed by atoms with Crippen molar-refractivity contribution in [2.24, 2.45) is 7.05 Å². The maximum atomic E-state index is 12.5. The molecule has 2 heterocycles. The number of para-hydroxylation sites is 1. The summed E-state index contributed by atoms with van der Waals surface area (Å²) >= 11 is 0. The molecule has 1 aliphatic rings. The van der Waals surface area contributed by atoms with Crippen LogP contribution in [0, 0.1) is 6.92 Å². The Labute approximate surface area is 151 Å². The van der Waals surface area contributed by atoms with Gasteiger partial charge in [0, 0.05) is 20.1 Å². The first kappa shape index (κ1) is 17.9. The van der Waals surface area contributed by atoms with E-state index < -0.39 is 0 Å². The monoisotopic (exact) mass is 358 g/mol. The average Bonchev–Trinajstić information content (AvgIpc) is 2.65. The lowest BCUT2D eigenvalue weighted by atomic mass is 10.2. The molecule has 1 aliphatic heterocycles. The molecule has 26 heavy (non-hydrogen) atoms. The summed E-state index contributed by atoms with van der Waals surface area (Å²) in [5.74, 6) is 0.302. The van der Waals surface area contributed by atoms with E-state index in [1.165, 1.54) is 10.9 Å². The van der Waals surface area contributed by atoms with Gasteiger partial charge in [-0.3, -0.25) is 9.59 Å². The number of morpholine rings is 1. The van der Waals surface area contributed by atoms with Gasteiger partial charge in [-0.25, -0.2) is 4.68 Å². The van der Waals surface area contributed by atoms with Crippen LogP contribution in [-0.4, -0.2) is 48.6 Å². The van der Waals surface area contributed by atoms with Crippen LogP contribution in [0.2, 0.25) is 0 Å². The van der Waals surface area contributed by atoms with E-state index in [4.69, 9.17) is 9.47 Å². The van der Waals surface area contributed by atoms with Gasteiger partial charge in [-0.15, -0.1) is 0 Å². The molecule has 0 unspecified atom stereocenters. The van der Waals surface area contributed by atoms with Gasteiger partial charge in [-0.05, 0) is 18.6 Å². The molecule has 1 aromatic heterocycles. The van der Waals surface area contributed by atoms with Crippen LogP contribution in [0.4, 0.5) is 11.4 Å². The maximum absolute atomic E-state index is 12.5. The molecule has 0 bridgehead atoms. The Balaban J connectivity index is 1.74. The normalized spacial score (nSPS) is 14.2. The predicted octanol–water partition coefficient (Wildman–Crippen LogP) is 0.943. The summed E-state index contributed by atoms with van der Waals surface area (Å²) in [7, 11) is 1.58. The van der Waals surface area contributed by atoms with Crippen LogP contribution in [0.3, 0.4) is 0 Å². The summed E-state index contributed by atoms with van der Waals surface area (Å²) in [6.45, 7) is 4.01. The number of rotatable bonds is 5. The highest BCUT2D eigenvalue weighted by Gasteiger charge is 2.21. The van der Waals surface area contributed by atoms with Crippen molar-refractivity contribution in [3.8, 4) is 5.75 Å². The molecule has 0 radical (unpaired) electrons. The minimum absolute atomic E-state index is 0.150. The lowest BCUT2D eigenvalue weighted by Gasteiger charge is -2.29. The van der Waals surface area contributed by atoms with E-state index in [1.807, 2.05) is 36.1 Å². The Bertz CT molecular complexity index is 843. The topological polar surface area (TPSA) is 85.7 Å². The number of carbonyl (C=O) groups is 1. The molecule has 3 rings (SSSR count). The van der Waals surface area contributed by atoms with Crippen LogP contribution < -0.4 is 20.5 Å². The fourth-order valence-electron chi connectivity index (χ4n) is 2.76. The van der Waals surface area contributed by atoms with Crippen molar-refractivity contribution in [1.29, 1.82) is 0 Å². The number of hydrogen-bond donors (Lipinski definition) is 1. The van der Waals surface area contributed by atoms with Crippen molar-refractivity contribution in [1.82, 2.24) is 9.78 Å². The molecule has 0 spiro atoms. The molecule has 0 atom stereocenters. The molecular formula is C18H22N4O4. The van der Waals surface area contributed by atoms with E-state index in [9.17, 15) is 9.59 Å². The number of aryl methyl sites for hydroxylation is 2. The lowest BCUT2D eigenvalue weighted by molar-refractivity contribution is -0.118. The van der Waals surface area contributed by atoms with E-state index in [0.29, 0.717) is 43.4 Å². The molecule has 1 aromatic carbocycles. The Morgan fingerprint density at radius 3 is 2.77 bits per heavy atom. The van der Waals surface area contributed by atoms with Gasteiger partial charge in [0.1, 0.15) is 11.4 Å². The number of carbonyl (C=O) groups excluding carboxylic acids is 1. The van der Waals surface area contributed by atoms with Gasteiger partial charge in [0.15, 0.2) is 6.61 Å². The van der Waals surface area contributed by atoms with Gasteiger partial charge < -0.3 is 19.7 Å². The predicted molar refractivity (Wildman–Crippen MR) is 97.8 cm³/mol. The number of aromatic nitrogens is 2. The van der Waals surface area contributed by atoms with Crippen molar-refractivity contribution in [2.75, 3.05) is 43.1 Å². The summed E-state index contributed by atoms with van der Waals surface area (Å²) in [6.07, 6.45) is 1.48. The molecule has 0 aliphatic carbocycles. The zero-order valence-corrected chi connectivity index (χ0v) is 14.9. The second kappa shape index (κ2) is 8.01. The lowest BCUT2D eigenvalue weighted by Crippen LogP contribution is -2.41. The smallest absolute Gasteiger partial charge is 0.292 e. The quantitative estimate of drug-likeness (QED) is 0.856. The second-order valence-electron chi connectivity index (χ2n) is 6.04.